The lowest BCUT2D eigenvalue weighted by molar-refractivity contribution is 0.226. The summed E-state index contributed by atoms with van der Waals surface area (Å²) in [7, 11) is 0. The lowest BCUT2D eigenvalue weighted by atomic mass is 10.0. The van der Waals surface area contributed by atoms with Crippen LogP contribution in [0, 0.1) is 5.92 Å². The molecule has 0 bridgehead atoms. The number of halogens is 1. The van der Waals surface area contributed by atoms with Crippen LogP contribution in [0.1, 0.15) is 44.7 Å². The maximum absolute atomic E-state index is 6.34. The van der Waals surface area contributed by atoms with Crippen molar-refractivity contribution in [2.75, 3.05) is 13.1 Å². The first kappa shape index (κ1) is 17.4. The van der Waals surface area contributed by atoms with E-state index in [2.05, 4.69) is 25.7 Å². The lowest BCUT2D eigenvalue weighted by Crippen LogP contribution is -2.28. The molecule has 0 aliphatic heterocycles. The van der Waals surface area contributed by atoms with Gasteiger partial charge < -0.3 is 5.73 Å². The van der Waals surface area contributed by atoms with E-state index in [0.717, 1.165) is 41.7 Å². The topological polar surface area (TPSA) is 29.3 Å². The molecule has 4 heteroatoms. The Morgan fingerprint density at radius 1 is 1.30 bits per heavy atom. The molecule has 1 rings (SSSR count). The number of nitrogens with zero attached hydrogens (tertiary/aromatic N) is 1. The highest BCUT2D eigenvalue weighted by molar-refractivity contribution is 7.80. The van der Waals surface area contributed by atoms with Gasteiger partial charge >= 0.3 is 0 Å². The highest BCUT2D eigenvalue weighted by Crippen LogP contribution is 2.21. The Balaban J connectivity index is 2.77. The summed E-state index contributed by atoms with van der Waals surface area (Å²) in [6.45, 7) is 9.74. The molecular weight excluding hydrogens is 288 g/mol. The van der Waals surface area contributed by atoms with E-state index in [1.165, 1.54) is 12.8 Å². The third-order valence-electron chi connectivity index (χ3n) is 3.85. The fourth-order valence-corrected chi connectivity index (χ4v) is 2.65. The third kappa shape index (κ3) is 5.04. The molecule has 0 spiro atoms. The minimum absolute atomic E-state index is 0.392. The molecule has 0 aliphatic rings. The Morgan fingerprint density at radius 3 is 2.40 bits per heavy atom. The van der Waals surface area contributed by atoms with Crippen LogP contribution >= 0.6 is 23.8 Å². The van der Waals surface area contributed by atoms with Crippen molar-refractivity contribution in [2.24, 2.45) is 11.7 Å². The third-order valence-corrected chi connectivity index (χ3v) is 4.44. The van der Waals surface area contributed by atoms with Crippen molar-refractivity contribution in [1.82, 2.24) is 4.90 Å². The largest absolute Gasteiger partial charge is 0.389 e. The number of rotatable bonds is 8. The van der Waals surface area contributed by atoms with Gasteiger partial charge in [0.1, 0.15) is 4.99 Å². The predicted octanol–water partition coefficient (Wildman–Crippen LogP) is 4.23. The number of hydrogen-bond donors (Lipinski definition) is 1. The van der Waals surface area contributed by atoms with Crippen molar-refractivity contribution in [3.63, 3.8) is 0 Å². The van der Waals surface area contributed by atoms with Crippen LogP contribution in [0.25, 0.3) is 0 Å². The molecule has 0 atom stereocenters. The van der Waals surface area contributed by atoms with Crippen LogP contribution in [-0.2, 0) is 6.54 Å². The Bertz CT molecular complexity index is 444. The van der Waals surface area contributed by atoms with Gasteiger partial charge in [-0.25, -0.2) is 0 Å². The quantitative estimate of drug-likeness (QED) is 0.728. The Kier molecular flexibility index (Phi) is 7.49. The summed E-state index contributed by atoms with van der Waals surface area (Å²) >= 11 is 11.3. The molecule has 0 saturated heterocycles. The molecule has 0 fully saturated rings. The molecule has 0 unspecified atom stereocenters. The first-order valence-corrected chi connectivity index (χ1v) is 8.10. The zero-order chi connectivity index (χ0) is 15.1. The summed E-state index contributed by atoms with van der Waals surface area (Å²) in [5.74, 6) is 0.754. The number of nitrogens with two attached hydrogens (primary N) is 1. The molecule has 0 radical (unpaired) electrons. The van der Waals surface area contributed by atoms with Crippen molar-refractivity contribution in [1.29, 1.82) is 0 Å². The van der Waals surface area contributed by atoms with E-state index in [1.54, 1.807) is 0 Å². The summed E-state index contributed by atoms with van der Waals surface area (Å²) in [6, 6.07) is 5.85. The summed E-state index contributed by atoms with van der Waals surface area (Å²) in [5, 5.41) is 0.748. The Morgan fingerprint density at radius 2 is 1.95 bits per heavy atom. The zero-order valence-electron chi connectivity index (χ0n) is 12.7. The van der Waals surface area contributed by atoms with Crippen molar-refractivity contribution in [2.45, 2.75) is 40.2 Å². The van der Waals surface area contributed by atoms with Gasteiger partial charge in [-0.3, -0.25) is 4.90 Å². The van der Waals surface area contributed by atoms with Crippen molar-refractivity contribution >= 4 is 28.8 Å². The van der Waals surface area contributed by atoms with Crippen molar-refractivity contribution in [3.8, 4) is 0 Å². The average molecular weight is 313 g/mol. The number of hydrogen-bond acceptors (Lipinski definition) is 2. The van der Waals surface area contributed by atoms with Gasteiger partial charge in [-0.05, 0) is 24.1 Å². The lowest BCUT2D eigenvalue weighted by Gasteiger charge is -2.25. The first-order chi connectivity index (χ1) is 9.51. The van der Waals surface area contributed by atoms with Crippen LogP contribution in [0.2, 0.25) is 5.02 Å². The second kappa shape index (κ2) is 8.60. The Labute approximate surface area is 133 Å². The van der Waals surface area contributed by atoms with E-state index < -0.39 is 0 Å². The van der Waals surface area contributed by atoms with Crippen molar-refractivity contribution in [3.05, 3.63) is 34.3 Å². The SMILES string of the molecule is CCC(CC)CN(CC)Cc1ccc(C(N)=S)cc1Cl. The molecule has 1 aromatic carbocycles. The van der Waals surface area contributed by atoms with E-state index in [0.29, 0.717) is 4.99 Å². The molecular formula is C16H25ClN2S. The van der Waals surface area contributed by atoms with E-state index in [1.807, 2.05) is 18.2 Å². The molecule has 112 valence electrons. The minimum atomic E-state index is 0.392. The second-order valence-electron chi connectivity index (χ2n) is 5.18. The van der Waals surface area contributed by atoms with Gasteiger partial charge in [0.2, 0.25) is 0 Å². The van der Waals surface area contributed by atoms with Gasteiger partial charge in [-0.15, -0.1) is 0 Å². The van der Waals surface area contributed by atoms with E-state index in [-0.39, 0.29) is 0 Å². The minimum Gasteiger partial charge on any atom is -0.389 e. The molecule has 0 amide bonds. The highest BCUT2D eigenvalue weighted by Gasteiger charge is 2.12. The van der Waals surface area contributed by atoms with Crippen LogP contribution in [0.15, 0.2) is 18.2 Å². The molecule has 0 aromatic heterocycles. The fourth-order valence-electron chi connectivity index (χ4n) is 2.29. The standard InChI is InChI=1S/C16H25ClN2S/c1-4-12(5-2)10-19(6-3)11-14-8-7-13(16(18)20)9-15(14)17/h7-9,12H,4-6,10-11H2,1-3H3,(H2,18,20). The molecule has 2 nitrogen and oxygen atoms in total. The molecule has 0 saturated carbocycles. The molecule has 1 aromatic rings. The van der Waals surface area contributed by atoms with Crippen LogP contribution in [0.3, 0.4) is 0 Å². The van der Waals surface area contributed by atoms with Gasteiger partial charge in [0.25, 0.3) is 0 Å². The van der Waals surface area contributed by atoms with Gasteiger partial charge in [-0.1, -0.05) is 69.6 Å². The molecule has 20 heavy (non-hydrogen) atoms. The first-order valence-electron chi connectivity index (χ1n) is 7.32. The highest BCUT2D eigenvalue weighted by atomic mass is 35.5. The normalized spacial score (nSPS) is 11.3. The van der Waals surface area contributed by atoms with Crippen LogP contribution < -0.4 is 5.73 Å². The van der Waals surface area contributed by atoms with Crippen LogP contribution in [0.4, 0.5) is 0 Å². The number of benzene rings is 1. The van der Waals surface area contributed by atoms with E-state index in [4.69, 9.17) is 29.6 Å². The zero-order valence-corrected chi connectivity index (χ0v) is 14.2. The van der Waals surface area contributed by atoms with Gasteiger partial charge in [0, 0.05) is 23.7 Å². The molecule has 0 aliphatic carbocycles. The Hall–Kier alpha value is -0.640. The fraction of sp³-hybridized carbons (Fsp3) is 0.562. The summed E-state index contributed by atoms with van der Waals surface area (Å²) in [5.41, 5.74) is 7.59. The van der Waals surface area contributed by atoms with Crippen molar-refractivity contribution < 1.29 is 0 Å². The van der Waals surface area contributed by atoms with Gasteiger partial charge in [0.05, 0.1) is 0 Å². The van der Waals surface area contributed by atoms with Gasteiger partial charge in [0.15, 0.2) is 0 Å². The maximum atomic E-state index is 6.34. The smallest absolute Gasteiger partial charge is 0.104 e. The molecule has 0 heterocycles. The van der Waals surface area contributed by atoms with E-state index in [9.17, 15) is 0 Å². The summed E-state index contributed by atoms with van der Waals surface area (Å²) in [6.07, 6.45) is 2.45. The summed E-state index contributed by atoms with van der Waals surface area (Å²) < 4.78 is 0. The van der Waals surface area contributed by atoms with Crippen LogP contribution in [0.5, 0.6) is 0 Å². The maximum Gasteiger partial charge on any atom is 0.104 e. The van der Waals surface area contributed by atoms with Gasteiger partial charge in [-0.2, -0.15) is 0 Å². The monoisotopic (exact) mass is 312 g/mol. The molecule has 2 N–H and O–H groups in total. The summed E-state index contributed by atoms with van der Waals surface area (Å²) in [4.78, 5) is 2.84. The second-order valence-corrected chi connectivity index (χ2v) is 6.03. The average Bonchev–Trinajstić information content (AvgIpc) is 2.44. The predicted molar refractivity (Wildman–Crippen MR) is 92.4 cm³/mol. The van der Waals surface area contributed by atoms with E-state index >= 15 is 0 Å². The van der Waals surface area contributed by atoms with Crippen LogP contribution in [-0.4, -0.2) is 23.0 Å². The number of thiocarbonyl (C=S) groups is 1.